The molecule has 0 aliphatic heterocycles. The summed E-state index contributed by atoms with van der Waals surface area (Å²) in [5.74, 6) is 0.437. The predicted octanol–water partition coefficient (Wildman–Crippen LogP) is 2.35. The van der Waals surface area contributed by atoms with Crippen molar-refractivity contribution >= 4 is 11.6 Å². The lowest BCUT2D eigenvalue weighted by Crippen LogP contribution is -1.99. The molecule has 0 saturated carbocycles. The van der Waals surface area contributed by atoms with Crippen LogP contribution in [0.3, 0.4) is 0 Å². The summed E-state index contributed by atoms with van der Waals surface area (Å²) in [6.45, 7) is -0.815. The summed E-state index contributed by atoms with van der Waals surface area (Å²) >= 11 is 5.74. The normalized spacial score (nSPS) is 12.6. The van der Waals surface area contributed by atoms with Gasteiger partial charge in [0, 0.05) is 0 Å². The maximum Gasteiger partial charge on any atom is 0.137 e. The maximum atomic E-state index is 12.1. The van der Waals surface area contributed by atoms with E-state index in [4.69, 9.17) is 21.4 Å². The van der Waals surface area contributed by atoms with Gasteiger partial charge in [-0.05, 0) is 17.7 Å². The van der Waals surface area contributed by atoms with Crippen molar-refractivity contribution in [1.82, 2.24) is 0 Å². The third-order valence-electron chi connectivity index (χ3n) is 1.71. The molecule has 0 aliphatic carbocycles. The molecular weight excluding hydrogens is 195 g/mol. The summed E-state index contributed by atoms with van der Waals surface area (Å²) in [7, 11) is 1.47. The van der Waals surface area contributed by atoms with Gasteiger partial charge in [0.2, 0.25) is 0 Å². The van der Waals surface area contributed by atoms with E-state index in [1.165, 1.54) is 13.2 Å². The summed E-state index contributed by atoms with van der Waals surface area (Å²) < 4.78 is 17.0. The van der Waals surface area contributed by atoms with E-state index in [2.05, 4.69) is 0 Å². The molecule has 0 fully saturated rings. The van der Waals surface area contributed by atoms with E-state index in [0.717, 1.165) is 0 Å². The minimum atomic E-state index is -1.11. The van der Waals surface area contributed by atoms with Gasteiger partial charge in [-0.2, -0.15) is 0 Å². The Morgan fingerprint density at radius 1 is 1.62 bits per heavy atom. The summed E-state index contributed by atoms with van der Waals surface area (Å²) in [5, 5.41) is 9.61. The van der Waals surface area contributed by atoms with Crippen LogP contribution in [0, 0.1) is 0 Å². The largest absolute Gasteiger partial charge is 0.495 e. The Kier molecular flexibility index (Phi) is 3.51. The van der Waals surface area contributed by atoms with Gasteiger partial charge in [0.25, 0.3) is 0 Å². The van der Waals surface area contributed by atoms with Crippen molar-refractivity contribution in [3.05, 3.63) is 28.8 Å². The summed E-state index contributed by atoms with van der Waals surface area (Å²) in [5.41, 5.74) is 0.462. The van der Waals surface area contributed by atoms with Crippen molar-refractivity contribution in [2.24, 2.45) is 0 Å². The first-order chi connectivity index (χ1) is 6.19. The molecule has 0 heterocycles. The molecule has 1 atom stereocenters. The van der Waals surface area contributed by atoms with Crippen molar-refractivity contribution in [1.29, 1.82) is 0 Å². The van der Waals surface area contributed by atoms with Crippen LogP contribution >= 0.6 is 11.6 Å². The van der Waals surface area contributed by atoms with E-state index >= 15 is 0 Å². The first-order valence-electron chi connectivity index (χ1n) is 3.76. The van der Waals surface area contributed by atoms with Crippen LogP contribution in [0.1, 0.15) is 11.7 Å². The highest BCUT2D eigenvalue weighted by molar-refractivity contribution is 6.32. The van der Waals surface area contributed by atoms with Gasteiger partial charge in [0.15, 0.2) is 0 Å². The van der Waals surface area contributed by atoms with Crippen LogP contribution in [-0.4, -0.2) is 18.9 Å². The highest BCUT2D eigenvalue weighted by atomic mass is 35.5. The van der Waals surface area contributed by atoms with E-state index in [-0.39, 0.29) is 0 Å². The molecule has 1 N–H and O–H groups in total. The molecule has 0 spiro atoms. The molecular formula is C9H10ClFO2. The second kappa shape index (κ2) is 4.44. The van der Waals surface area contributed by atoms with Crippen LogP contribution in [0.4, 0.5) is 4.39 Å². The van der Waals surface area contributed by atoms with Crippen LogP contribution in [0.2, 0.25) is 5.02 Å². The first-order valence-corrected chi connectivity index (χ1v) is 4.14. The standard InChI is InChI=1S/C9H10ClFO2/c1-13-9-4-6(8(12)5-11)2-3-7(9)10/h2-4,8,12H,5H2,1H3. The predicted molar refractivity (Wildman–Crippen MR) is 48.9 cm³/mol. The summed E-state index contributed by atoms with van der Waals surface area (Å²) in [6.07, 6.45) is -1.11. The van der Waals surface area contributed by atoms with Gasteiger partial charge in [-0.1, -0.05) is 17.7 Å². The minimum Gasteiger partial charge on any atom is -0.495 e. The van der Waals surface area contributed by atoms with Gasteiger partial charge in [-0.15, -0.1) is 0 Å². The Morgan fingerprint density at radius 2 is 2.31 bits per heavy atom. The lowest BCUT2D eigenvalue weighted by Gasteiger charge is -2.09. The summed E-state index contributed by atoms with van der Waals surface area (Å²) in [6, 6.07) is 4.65. The third kappa shape index (κ3) is 2.32. The first kappa shape index (κ1) is 10.3. The Balaban J connectivity index is 2.99. The number of hydrogen-bond donors (Lipinski definition) is 1. The fraction of sp³-hybridized carbons (Fsp3) is 0.333. The average molecular weight is 205 g/mol. The monoisotopic (exact) mass is 204 g/mol. The van der Waals surface area contributed by atoms with Crippen LogP contribution in [0.5, 0.6) is 5.75 Å². The highest BCUT2D eigenvalue weighted by Crippen LogP contribution is 2.27. The Bertz CT molecular complexity index is 291. The second-order valence-corrected chi connectivity index (χ2v) is 2.97. The number of rotatable bonds is 3. The van der Waals surface area contributed by atoms with Gasteiger partial charge < -0.3 is 9.84 Å². The van der Waals surface area contributed by atoms with E-state index in [1.54, 1.807) is 12.1 Å². The lowest BCUT2D eigenvalue weighted by molar-refractivity contribution is 0.141. The number of halogens is 2. The van der Waals surface area contributed by atoms with Gasteiger partial charge in [-0.3, -0.25) is 0 Å². The van der Waals surface area contributed by atoms with Crippen LogP contribution < -0.4 is 4.74 Å². The van der Waals surface area contributed by atoms with Crippen LogP contribution in [0.25, 0.3) is 0 Å². The van der Waals surface area contributed by atoms with Gasteiger partial charge in [-0.25, -0.2) is 4.39 Å². The van der Waals surface area contributed by atoms with Gasteiger partial charge in [0.05, 0.1) is 12.1 Å². The molecule has 0 amide bonds. The Labute approximate surface area is 80.9 Å². The molecule has 0 saturated heterocycles. The zero-order chi connectivity index (χ0) is 9.84. The van der Waals surface area contributed by atoms with Crippen molar-refractivity contribution in [3.8, 4) is 5.75 Å². The second-order valence-electron chi connectivity index (χ2n) is 2.56. The number of hydrogen-bond acceptors (Lipinski definition) is 2. The smallest absolute Gasteiger partial charge is 0.137 e. The van der Waals surface area contributed by atoms with Gasteiger partial charge in [0.1, 0.15) is 18.5 Å². The van der Waals surface area contributed by atoms with Crippen molar-refractivity contribution in [3.63, 3.8) is 0 Å². The quantitative estimate of drug-likeness (QED) is 0.819. The zero-order valence-corrected chi connectivity index (χ0v) is 7.88. The molecule has 13 heavy (non-hydrogen) atoms. The minimum absolute atomic E-state index is 0.437. The fourth-order valence-corrected chi connectivity index (χ4v) is 1.17. The number of methoxy groups -OCH3 is 1. The SMILES string of the molecule is COc1cc(C(O)CF)ccc1Cl. The molecule has 1 rings (SSSR count). The number of aliphatic hydroxyl groups excluding tert-OH is 1. The van der Waals surface area contributed by atoms with Crippen molar-refractivity contribution in [2.75, 3.05) is 13.8 Å². The number of aliphatic hydroxyl groups is 1. The molecule has 1 aromatic rings. The Morgan fingerprint density at radius 3 is 2.85 bits per heavy atom. The van der Waals surface area contributed by atoms with E-state index in [1.807, 2.05) is 0 Å². The molecule has 0 aromatic heterocycles. The Hall–Kier alpha value is -0.800. The maximum absolute atomic E-state index is 12.1. The van der Waals surface area contributed by atoms with E-state index in [0.29, 0.717) is 16.3 Å². The highest BCUT2D eigenvalue weighted by Gasteiger charge is 2.09. The molecule has 1 unspecified atom stereocenters. The number of ether oxygens (including phenoxy) is 1. The molecule has 2 nitrogen and oxygen atoms in total. The van der Waals surface area contributed by atoms with Crippen LogP contribution in [-0.2, 0) is 0 Å². The van der Waals surface area contributed by atoms with E-state index < -0.39 is 12.8 Å². The molecule has 0 radical (unpaired) electrons. The third-order valence-corrected chi connectivity index (χ3v) is 2.02. The van der Waals surface area contributed by atoms with Crippen molar-refractivity contribution in [2.45, 2.75) is 6.10 Å². The molecule has 1 aromatic carbocycles. The molecule has 0 bridgehead atoms. The zero-order valence-electron chi connectivity index (χ0n) is 7.13. The van der Waals surface area contributed by atoms with Crippen LogP contribution in [0.15, 0.2) is 18.2 Å². The topological polar surface area (TPSA) is 29.5 Å². The molecule has 0 aliphatic rings. The van der Waals surface area contributed by atoms with Gasteiger partial charge >= 0.3 is 0 Å². The average Bonchev–Trinajstić information content (AvgIpc) is 2.17. The van der Waals surface area contributed by atoms with E-state index in [9.17, 15) is 4.39 Å². The fourth-order valence-electron chi connectivity index (χ4n) is 0.973. The van der Waals surface area contributed by atoms with Crippen molar-refractivity contribution < 1.29 is 14.2 Å². The summed E-state index contributed by atoms with van der Waals surface area (Å²) in [4.78, 5) is 0. The molecule has 72 valence electrons. The molecule has 4 heteroatoms. The number of alkyl halides is 1. The number of benzene rings is 1. The lowest BCUT2D eigenvalue weighted by atomic mass is 10.1.